The van der Waals surface area contributed by atoms with Crippen molar-refractivity contribution in [3.8, 4) is 27.9 Å². The summed E-state index contributed by atoms with van der Waals surface area (Å²) in [6.07, 6.45) is 9.19. The highest BCUT2D eigenvalue weighted by molar-refractivity contribution is 7.76. The number of para-hydroxylation sites is 2. The van der Waals surface area contributed by atoms with E-state index in [2.05, 4.69) is 167 Å². The third-order valence-corrected chi connectivity index (χ3v) is 16.2. The van der Waals surface area contributed by atoms with Gasteiger partial charge in [0.15, 0.2) is 0 Å². The second kappa shape index (κ2) is 14.0. The summed E-state index contributed by atoms with van der Waals surface area (Å²) in [5, 5.41) is 3.19. The summed E-state index contributed by atoms with van der Waals surface area (Å²) >= 11 is 0. The Labute approximate surface area is 362 Å². The van der Waals surface area contributed by atoms with E-state index < -0.39 is 7.44 Å². The van der Waals surface area contributed by atoms with Crippen molar-refractivity contribution in [2.45, 2.75) is 32.1 Å². The fourth-order valence-corrected chi connectivity index (χ4v) is 13.6. The molecule has 0 amide bonds. The minimum Gasteiger partial charge on any atom is -0.309 e. The Hall–Kier alpha value is -7.13. The zero-order valence-electron chi connectivity index (χ0n) is 34.7. The molecule has 2 heterocycles. The fourth-order valence-electron chi connectivity index (χ4n) is 10.6. The lowest BCUT2D eigenvalue weighted by atomic mass is 9.77. The number of benzene rings is 8. The van der Waals surface area contributed by atoms with E-state index in [1.165, 1.54) is 60.8 Å². The molecule has 1 unspecified atom stereocenters. The molecule has 0 radical (unpaired) electrons. The van der Waals surface area contributed by atoms with Crippen LogP contribution < -0.4 is 14.6 Å². The van der Waals surface area contributed by atoms with Crippen LogP contribution >= 0.6 is 7.44 Å². The highest BCUT2D eigenvalue weighted by Gasteiger charge is 2.49. The smallest absolute Gasteiger partial charge is 0.301 e. The van der Waals surface area contributed by atoms with Crippen LogP contribution in [-0.4, -0.2) is 4.57 Å². The van der Waals surface area contributed by atoms with Crippen LogP contribution in [0.2, 0.25) is 0 Å². The Morgan fingerprint density at radius 2 is 1.18 bits per heavy atom. The maximum Gasteiger partial charge on any atom is 0.301 e. The Kier molecular flexibility index (Phi) is 8.26. The van der Waals surface area contributed by atoms with E-state index in [9.17, 15) is 0 Å². The number of anilines is 4. The highest BCUT2D eigenvalue weighted by atomic mass is 31.2. The van der Waals surface area contributed by atoms with E-state index in [-0.39, 0.29) is 5.41 Å². The lowest BCUT2D eigenvalue weighted by Crippen LogP contribution is -2.26. The molecule has 0 saturated carbocycles. The lowest BCUT2D eigenvalue weighted by molar-refractivity contribution is 0.582. The van der Waals surface area contributed by atoms with Gasteiger partial charge in [0.05, 0.1) is 27.7 Å². The summed E-state index contributed by atoms with van der Waals surface area (Å²) in [4.78, 5) is 0. The SMILES string of the molecule is CC1(C)c2ccccc2-c2c1c(C1=CCCC=C1)cc1c3cc(-c4ccccc4)ccc3n(-c3ccc4c(c3)N(c3ccccc3)P(=O)(c3ccccc3)N4c3ccccc3)c21. The fraction of sp³-hybridized carbons (Fsp3) is 0.0877. The minimum atomic E-state index is -3.55. The minimum absolute atomic E-state index is 0.237. The van der Waals surface area contributed by atoms with Gasteiger partial charge in [-0.15, -0.1) is 0 Å². The van der Waals surface area contributed by atoms with Crippen LogP contribution in [0.1, 0.15) is 43.4 Å². The molecule has 298 valence electrons. The molecule has 4 nitrogen and oxygen atoms in total. The number of nitrogens with zero attached hydrogens (tertiary/aromatic N) is 3. The molecule has 12 rings (SSSR count). The van der Waals surface area contributed by atoms with Crippen LogP contribution in [0.25, 0.3) is 55.3 Å². The van der Waals surface area contributed by atoms with E-state index in [0.717, 1.165) is 52.1 Å². The third kappa shape index (κ3) is 5.30. The summed E-state index contributed by atoms with van der Waals surface area (Å²) in [7, 11) is -3.55. The van der Waals surface area contributed by atoms with Gasteiger partial charge in [-0.3, -0.25) is 13.9 Å². The van der Waals surface area contributed by atoms with Crippen LogP contribution in [0.4, 0.5) is 22.7 Å². The van der Waals surface area contributed by atoms with E-state index >= 15 is 4.57 Å². The molecule has 1 atom stereocenters. The van der Waals surface area contributed by atoms with Gasteiger partial charge in [-0.25, -0.2) is 0 Å². The first kappa shape index (κ1) is 36.7. The monoisotopic (exact) mass is 817 g/mol. The van der Waals surface area contributed by atoms with Gasteiger partial charge in [0.2, 0.25) is 0 Å². The van der Waals surface area contributed by atoms with Crippen molar-refractivity contribution in [3.63, 3.8) is 0 Å². The van der Waals surface area contributed by atoms with Crippen molar-refractivity contribution < 1.29 is 4.57 Å². The molecular weight excluding hydrogens is 774 g/mol. The van der Waals surface area contributed by atoms with Gasteiger partial charge in [0, 0.05) is 38.8 Å². The van der Waals surface area contributed by atoms with E-state index in [1.807, 2.05) is 66.7 Å². The molecular formula is C57H44N3OP. The number of fused-ring (bicyclic) bond motifs is 8. The van der Waals surface area contributed by atoms with Gasteiger partial charge < -0.3 is 4.57 Å². The Morgan fingerprint density at radius 1 is 0.532 bits per heavy atom. The molecule has 0 fully saturated rings. The van der Waals surface area contributed by atoms with Gasteiger partial charge in [-0.05, 0) is 125 Å². The first-order chi connectivity index (χ1) is 30.4. The van der Waals surface area contributed by atoms with E-state index in [0.29, 0.717) is 0 Å². The summed E-state index contributed by atoms with van der Waals surface area (Å²) in [6, 6.07) is 66.3. The second-order valence-electron chi connectivity index (χ2n) is 17.2. The summed E-state index contributed by atoms with van der Waals surface area (Å²) < 4.78 is 23.2. The summed E-state index contributed by atoms with van der Waals surface area (Å²) in [6.45, 7) is 4.79. The van der Waals surface area contributed by atoms with Crippen LogP contribution in [0.5, 0.6) is 0 Å². The number of aromatic nitrogens is 1. The van der Waals surface area contributed by atoms with Gasteiger partial charge in [-0.1, -0.05) is 147 Å². The van der Waals surface area contributed by atoms with Gasteiger partial charge in [0.1, 0.15) is 0 Å². The molecule has 62 heavy (non-hydrogen) atoms. The maximum absolute atomic E-state index is 16.5. The standard InChI is InChI=1S/C57H44N3OP/c1-57(2)50-31-19-18-30-46(50)54-55(57)47(40-22-10-4-11-23-40)38-49-48-36-41(39-20-8-3-9-21-39)32-34-51(48)58(56(49)54)44-33-35-52-53(37-44)60(43-26-14-6-15-27-43)62(61,45-28-16-7-17-29-45)59(52)42-24-12-5-13-25-42/h3,5-10,12-38H,4,11H2,1-2H3. The van der Waals surface area contributed by atoms with Crippen molar-refractivity contribution in [1.82, 2.24) is 4.57 Å². The Morgan fingerprint density at radius 3 is 1.87 bits per heavy atom. The number of hydrogen-bond donors (Lipinski definition) is 0. The average Bonchev–Trinajstić information content (AvgIpc) is 3.89. The molecule has 0 spiro atoms. The predicted octanol–water partition coefficient (Wildman–Crippen LogP) is 15.3. The number of rotatable bonds is 6. The first-order valence-electron chi connectivity index (χ1n) is 21.6. The highest BCUT2D eigenvalue weighted by Crippen LogP contribution is 2.70. The molecule has 9 aromatic rings. The average molecular weight is 818 g/mol. The van der Waals surface area contributed by atoms with Gasteiger partial charge in [-0.2, -0.15) is 0 Å². The van der Waals surface area contributed by atoms with Crippen LogP contribution in [0.3, 0.4) is 0 Å². The van der Waals surface area contributed by atoms with Crippen molar-refractivity contribution >= 4 is 62.9 Å². The number of allylic oxidation sites excluding steroid dienone is 4. The lowest BCUT2D eigenvalue weighted by Gasteiger charge is -2.33. The Bertz CT molecular complexity index is 3350. The van der Waals surface area contributed by atoms with Crippen molar-refractivity contribution in [2.75, 3.05) is 9.34 Å². The topological polar surface area (TPSA) is 28.5 Å². The molecule has 0 saturated heterocycles. The third-order valence-electron chi connectivity index (χ3n) is 13.3. The van der Waals surface area contributed by atoms with E-state index in [1.54, 1.807) is 0 Å². The maximum atomic E-state index is 16.5. The van der Waals surface area contributed by atoms with Crippen LogP contribution in [-0.2, 0) is 9.98 Å². The molecule has 0 bridgehead atoms. The van der Waals surface area contributed by atoms with E-state index in [4.69, 9.17) is 0 Å². The molecule has 8 aromatic carbocycles. The molecule has 0 N–H and O–H groups in total. The number of hydrogen-bond acceptors (Lipinski definition) is 1. The van der Waals surface area contributed by atoms with Crippen molar-refractivity contribution in [2.24, 2.45) is 0 Å². The largest absolute Gasteiger partial charge is 0.309 e. The van der Waals surface area contributed by atoms with Gasteiger partial charge >= 0.3 is 7.44 Å². The van der Waals surface area contributed by atoms with Crippen molar-refractivity contribution in [3.05, 3.63) is 223 Å². The second-order valence-corrected chi connectivity index (χ2v) is 19.6. The first-order valence-corrected chi connectivity index (χ1v) is 23.2. The van der Waals surface area contributed by atoms with Crippen LogP contribution in [0, 0.1) is 0 Å². The molecule has 2 aliphatic carbocycles. The zero-order chi connectivity index (χ0) is 41.6. The van der Waals surface area contributed by atoms with Crippen molar-refractivity contribution in [1.29, 1.82) is 0 Å². The molecule has 3 aliphatic rings. The summed E-state index contributed by atoms with van der Waals surface area (Å²) in [5.41, 5.74) is 16.9. The van der Waals surface area contributed by atoms with Gasteiger partial charge in [0.25, 0.3) is 0 Å². The Balaban J connectivity index is 1.21. The summed E-state index contributed by atoms with van der Waals surface area (Å²) in [5.74, 6) is 0. The van der Waals surface area contributed by atoms with Crippen LogP contribution in [0.15, 0.2) is 206 Å². The molecule has 1 aromatic heterocycles. The predicted molar refractivity (Wildman–Crippen MR) is 261 cm³/mol. The quantitative estimate of drug-likeness (QED) is 0.157. The zero-order valence-corrected chi connectivity index (χ0v) is 35.6. The molecule has 1 aliphatic heterocycles. The molecule has 5 heteroatoms. The normalized spacial score (nSPS) is 17.3.